The highest BCUT2D eigenvalue weighted by Crippen LogP contribution is 2.24. The predicted molar refractivity (Wildman–Crippen MR) is 62.3 cm³/mol. The van der Waals surface area contributed by atoms with Gasteiger partial charge in [-0.2, -0.15) is 0 Å². The van der Waals surface area contributed by atoms with Gasteiger partial charge in [0.1, 0.15) is 0 Å². The van der Waals surface area contributed by atoms with Gasteiger partial charge in [-0.25, -0.2) is 0 Å². The lowest BCUT2D eigenvalue weighted by atomic mass is 10.2. The highest BCUT2D eigenvalue weighted by Gasteiger charge is 2.02. The Kier molecular flexibility index (Phi) is 3.79. The Labute approximate surface area is 88.7 Å². The summed E-state index contributed by atoms with van der Waals surface area (Å²) in [7, 11) is 0. The molecular weight excluding hydrogens is 226 g/mol. The molecule has 1 rings (SSSR count). The number of aryl methyl sites for hydroxylation is 1. The zero-order valence-corrected chi connectivity index (χ0v) is 9.98. The first-order chi connectivity index (χ1) is 6.13. The SMILES string of the molecule is CCC(C)Nc1cc(C)ccc1Br. The Balaban J connectivity index is 2.81. The average molecular weight is 242 g/mol. The van der Waals surface area contributed by atoms with Gasteiger partial charge < -0.3 is 5.32 Å². The van der Waals surface area contributed by atoms with Crippen LogP contribution in [0.15, 0.2) is 22.7 Å². The minimum absolute atomic E-state index is 0.526. The molecule has 0 amide bonds. The molecule has 1 aromatic rings. The van der Waals surface area contributed by atoms with Crippen LogP contribution in [0.1, 0.15) is 25.8 Å². The first-order valence-corrected chi connectivity index (χ1v) is 5.45. The highest BCUT2D eigenvalue weighted by atomic mass is 79.9. The maximum atomic E-state index is 3.53. The first kappa shape index (κ1) is 10.6. The lowest BCUT2D eigenvalue weighted by Gasteiger charge is -2.14. The van der Waals surface area contributed by atoms with Crippen molar-refractivity contribution in [3.8, 4) is 0 Å². The maximum Gasteiger partial charge on any atom is 0.0489 e. The fourth-order valence-corrected chi connectivity index (χ4v) is 1.48. The summed E-state index contributed by atoms with van der Waals surface area (Å²) in [6, 6.07) is 6.88. The van der Waals surface area contributed by atoms with Crippen molar-refractivity contribution in [3.05, 3.63) is 28.2 Å². The molecular formula is C11H16BrN. The van der Waals surface area contributed by atoms with Gasteiger partial charge in [-0.05, 0) is 53.9 Å². The van der Waals surface area contributed by atoms with E-state index in [4.69, 9.17) is 0 Å². The molecule has 1 atom stereocenters. The molecule has 0 heterocycles. The van der Waals surface area contributed by atoms with E-state index in [1.54, 1.807) is 0 Å². The van der Waals surface area contributed by atoms with Crippen LogP contribution in [-0.2, 0) is 0 Å². The Bertz CT molecular complexity index is 283. The van der Waals surface area contributed by atoms with Crippen LogP contribution >= 0.6 is 15.9 Å². The van der Waals surface area contributed by atoms with E-state index < -0.39 is 0 Å². The zero-order chi connectivity index (χ0) is 9.84. The summed E-state index contributed by atoms with van der Waals surface area (Å²) in [6.07, 6.45) is 1.14. The molecule has 0 aliphatic rings. The predicted octanol–water partition coefficient (Wildman–Crippen LogP) is 3.97. The molecule has 1 N–H and O–H groups in total. The van der Waals surface area contributed by atoms with Gasteiger partial charge in [-0.1, -0.05) is 13.0 Å². The summed E-state index contributed by atoms with van der Waals surface area (Å²) in [5.74, 6) is 0. The summed E-state index contributed by atoms with van der Waals surface area (Å²) in [6.45, 7) is 6.48. The van der Waals surface area contributed by atoms with Crippen molar-refractivity contribution in [1.29, 1.82) is 0 Å². The molecule has 1 aromatic carbocycles. The van der Waals surface area contributed by atoms with Crippen molar-refractivity contribution in [2.75, 3.05) is 5.32 Å². The van der Waals surface area contributed by atoms with Crippen molar-refractivity contribution in [1.82, 2.24) is 0 Å². The topological polar surface area (TPSA) is 12.0 Å². The van der Waals surface area contributed by atoms with Gasteiger partial charge in [0.2, 0.25) is 0 Å². The van der Waals surface area contributed by atoms with Crippen LogP contribution in [0.2, 0.25) is 0 Å². The van der Waals surface area contributed by atoms with Crippen molar-refractivity contribution >= 4 is 21.6 Å². The van der Waals surface area contributed by atoms with Crippen LogP contribution in [0, 0.1) is 6.92 Å². The minimum atomic E-state index is 0.526. The minimum Gasteiger partial charge on any atom is -0.382 e. The molecule has 2 heteroatoms. The summed E-state index contributed by atoms with van der Waals surface area (Å²) >= 11 is 3.53. The molecule has 0 aliphatic heterocycles. The van der Waals surface area contributed by atoms with Crippen LogP contribution in [0.25, 0.3) is 0 Å². The van der Waals surface area contributed by atoms with Gasteiger partial charge >= 0.3 is 0 Å². The largest absolute Gasteiger partial charge is 0.382 e. The van der Waals surface area contributed by atoms with E-state index in [9.17, 15) is 0 Å². The van der Waals surface area contributed by atoms with E-state index >= 15 is 0 Å². The summed E-state index contributed by atoms with van der Waals surface area (Å²) in [4.78, 5) is 0. The number of hydrogen-bond donors (Lipinski definition) is 1. The molecule has 0 aromatic heterocycles. The van der Waals surface area contributed by atoms with Crippen LogP contribution in [0.4, 0.5) is 5.69 Å². The molecule has 1 nitrogen and oxygen atoms in total. The van der Waals surface area contributed by atoms with E-state index in [1.807, 2.05) is 0 Å². The number of benzene rings is 1. The Hall–Kier alpha value is -0.500. The smallest absolute Gasteiger partial charge is 0.0489 e. The third kappa shape index (κ3) is 3.03. The van der Waals surface area contributed by atoms with E-state index in [0.29, 0.717) is 6.04 Å². The summed E-state index contributed by atoms with van der Waals surface area (Å²) in [5, 5.41) is 3.45. The maximum absolute atomic E-state index is 3.53. The highest BCUT2D eigenvalue weighted by molar-refractivity contribution is 9.10. The van der Waals surface area contributed by atoms with Crippen LogP contribution in [0.3, 0.4) is 0 Å². The molecule has 0 saturated heterocycles. The molecule has 1 unspecified atom stereocenters. The van der Waals surface area contributed by atoms with Gasteiger partial charge in [-0.3, -0.25) is 0 Å². The third-order valence-electron chi connectivity index (χ3n) is 2.14. The molecule has 0 saturated carbocycles. The molecule has 0 fully saturated rings. The van der Waals surface area contributed by atoms with Crippen LogP contribution in [-0.4, -0.2) is 6.04 Å². The Morgan fingerprint density at radius 2 is 2.15 bits per heavy atom. The standard InChI is InChI=1S/C11H16BrN/c1-4-9(3)13-11-7-8(2)5-6-10(11)12/h5-7,9,13H,4H2,1-3H3. The van der Waals surface area contributed by atoms with Gasteiger partial charge in [0.25, 0.3) is 0 Å². The third-order valence-corrected chi connectivity index (χ3v) is 2.83. The lowest BCUT2D eigenvalue weighted by Crippen LogP contribution is -2.13. The second-order valence-corrected chi connectivity index (χ2v) is 4.29. The molecule has 0 spiro atoms. The average Bonchev–Trinajstić information content (AvgIpc) is 2.11. The zero-order valence-electron chi connectivity index (χ0n) is 8.39. The van der Waals surface area contributed by atoms with Crippen molar-refractivity contribution in [2.45, 2.75) is 33.2 Å². The molecule has 0 aliphatic carbocycles. The van der Waals surface area contributed by atoms with Crippen molar-refractivity contribution in [2.24, 2.45) is 0 Å². The van der Waals surface area contributed by atoms with E-state index in [0.717, 1.165) is 10.9 Å². The molecule has 72 valence electrons. The number of nitrogens with one attached hydrogen (secondary N) is 1. The number of halogens is 1. The first-order valence-electron chi connectivity index (χ1n) is 4.66. The van der Waals surface area contributed by atoms with Crippen LogP contribution in [0.5, 0.6) is 0 Å². The van der Waals surface area contributed by atoms with E-state index in [1.165, 1.54) is 11.3 Å². The fraction of sp³-hybridized carbons (Fsp3) is 0.455. The van der Waals surface area contributed by atoms with Crippen molar-refractivity contribution in [3.63, 3.8) is 0 Å². The normalized spacial score (nSPS) is 12.6. The van der Waals surface area contributed by atoms with Gasteiger partial charge in [0.05, 0.1) is 0 Å². The number of rotatable bonds is 3. The Morgan fingerprint density at radius 3 is 2.77 bits per heavy atom. The van der Waals surface area contributed by atoms with Crippen LogP contribution < -0.4 is 5.32 Å². The molecule has 0 radical (unpaired) electrons. The van der Waals surface area contributed by atoms with Crippen molar-refractivity contribution < 1.29 is 0 Å². The summed E-state index contributed by atoms with van der Waals surface area (Å²) < 4.78 is 1.14. The van der Waals surface area contributed by atoms with Gasteiger partial charge in [0, 0.05) is 16.2 Å². The van der Waals surface area contributed by atoms with E-state index in [-0.39, 0.29) is 0 Å². The number of hydrogen-bond acceptors (Lipinski definition) is 1. The van der Waals surface area contributed by atoms with E-state index in [2.05, 4.69) is 60.2 Å². The monoisotopic (exact) mass is 241 g/mol. The van der Waals surface area contributed by atoms with Gasteiger partial charge in [0.15, 0.2) is 0 Å². The molecule has 0 bridgehead atoms. The molecule has 13 heavy (non-hydrogen) atoms. The lowest BCUT2D eigenvalue weighted by molar-refractivity contribution is 0.763. The number of anilines is 1. The second-order valence-electron chi connectivity index (χ2n) is 3.44. The summed E-state index contributed by atoms with van der Waals surface area (Å²) in [5.41, 5.74) is 2.48. The second kappa shape index (κ2) is 4.66. The van der Waals surface area contributed by atoms with Gasteiger partial charge in [-0.15, -0.1) is 0 Å². The Morgan fingerprint density at radius 1 is 1.46 bits per heavy atom. The fourth-order valence-electron chi connectivity index (χ4n) is 1.12. The quantitative estimate of drug-likeness (QED) is 0.845.